The van der Waals surface area contributed by atoms with Crippen molar-refractivity contribution in [1.29, 1.82) is 0 Å². The first-order valence-corrected chi connectivity index (χ1v) is 7.92. The highest BCUT2D eigenvalue weighted by molar-refractivity contribution is 9.10. The highest BCUT2D eigenvalue weighted by Gasteiger charge is 2.07. The summed E-state index contributed by atoms with van der Waals surface area (Å²) in [6, 6.07) is 10.7. The van der Waals surface area contributed by atoms with Gasteiger partial charge in [0.15, 0.2) is 0 Å². The third-order valence-electron chi connectivity index (χ3n) is 2.92. The second-order valence-electron chi connectivity index (χ2n) is 4.41. The van der Waals surface area contributed by atoms with E-state index in [2.05, 4.69) is 46.0 Å². The fourth-order valence-corrected chi connectivity index (χ4v) is 3.26. The maximum Gasteiger partial charge on any atom is 0.0279 e. The number of nitrogens with two attached hydrogens (primary N) is 1. The molecule has 2 rings (SSSR count). The smallest absolute Gasteiger partial charge is 0.0279 e. The van der Waals surface area contributed by atoms with E-state index in [1.807, 2.05) is 24.5 Å². The van der Waals surface area contributed by atoms with Crippen LogP contribution in [0, 0.1) is 0 Å². The molecule has 100 valence electrons. The Labute approximate surface area is 126 Å². The molecule has 4 heteroatoms. The van der Waals surface area contributed by atoms with Gasteiger partial charge in [-0.25, -0.2) is 0 Å². The predicted octanol–water partition coefficient (Wildman–Crippen LogP) is 4.28. The molecule has 0 saturated carbocycles. The topological polar surface area (TPSA) is 38.9 Å². The van der Waals surface area contributed by atoms with Gasteiger partial charge in [-0.3, -0.25) is 4.98 Å². The highest BCUT2D eigenvalue weighted by Crippen LogP contribution is 2.31. The van der Waals surface area contributed by atoms with Crippen LogP contribution in [0.5, 0.6) is 0 Å². The lowest BCUT2D eigenvalue weighted by Crippen LogP contribution is -2.21. The molecule has 2 nitrogen and oxygen atoms in total. The number of nitrogens with zero attached hydrogens (tertiary/aromatic N) is 1. The molecular weight excluding hydrogens is 320 g/mol. The van der Waals surface area contributed by atoms with Crippen LogP contribution in [-0.2, 0) is 6.42 Å². The van der Waals surface area contributed by atoms with Gasteiger partial charge in [-0.1, -0.05) is 40.7 Å². The molecule has 0 aliphatic carbocycles. The molecule has 1 aromatic carbocycles. The maximum atomic E-state index is 6.00. The normalized spacial score (nSPS) is 12.4. The van der Waals surface area contributed by atoms with Crippen LogP contribution >= 0.6 is 27.7 Å². The van der Waals surface area contributed by atoms with Gasteiger partial charge in [-0.2, -0.15) is 0 Å². The van der Waals surface area contributed by atoms with Crippen molar-refractivity contribution in [3.8, 4) is 0 Å². The Morgan fingerprint density at radius 3 is 2.58 bits per heavy atom. The number of hydrogen-bond acceptors (Lipinski definition) is 3. The molecule has 1 atom stereocenters. The number of rotatable bonds is 5. The standard InChI is InChI=1S/C15H17BrN2S/c1-2-12(17)9-11-3-4-14(10-15(11)16)19-13-5-7-18-8-6-13/h3-8,10,12H,2,9,17H2,1H3. The van der Waals surface area contributed by atoms with Crippen molar-refractivity contribution in [3.63, 3.8) is 0 Å². The van der Waals surface area contributed by atoms with E-state index in [-0.39, 0.29) is 6.04 Å². The van der Waals surface area contributed by atoms with Crippen LogP contribution in [0.3, 0.4) is 0 Å². The van der Waals surface area contributed by atoms with Gasteiger partial charge in [0.25, 0.3) is 0 Å². The summed E-state index contributed by atoms with van der Waals surface area (Å²) >= 11 is 5.37. The third kappa shape index (κ3) is 4.34. The Balaban J connectivity index is 2.10. The first-order chi connectivity index (χ1) is 9.19. The van der Waals surface area contributed by atoms with E-state index in [1.54, 1.807) is 11.8 Å². The minimum Gasteiger partial charge on any atom is -0.327 e. The fraction of sp³-hybridized carbons (Fsp3) is 0.267. The van der Waals surface area contributed by atoms with E-state index in [0.717, 1.165) is 17.3 Å². The molecule has 0 radical (unpaired) electrons. The summed E-state index contributed by atoms with van der Waals surface area (Å²) in [5.74, 6) is 0. The average molecular weight is 337 g/mol. The average Bonchev–Trinajstić information content (AvgIpc) is 2.43. The quantitative estimate of drug-likeness (QED) is 0.885. The second-order valence-corrected chi connectivity index (χ2v) is 6.41. The van der Waals surface area contributed by atoms with Crippen molar-refractivity contribution in [2.75, 3.05) is 0 Å². The van der Waals surface area contributed by atoms with E-state index in [1.165, 1.54) is 15.4 Å². The van der Waals surface area contributed by atoms with Gasteiger partial charge in [-0.05, 0) is 42.7 Å². The largest absolute Gasteiger partial charge is 0.327 e. The Kier molecular flexibility index (Phi) is 5.43. The van der Waals surface area contributed by atoms with E-state index >= 15 is 0 Å². The summed E-state index contributed by atoms with van der Waals surface area (Å²) in [6.07, 6.45) is 5.54. The van der Waals surface area contributed by atoms with Gasteiger partial charge in [0.05, 0.1) is 0 Å². The van der Waals surface area contributed by atoms with Gasteiger partial charge in [-0.15, -0.1) is 0 Å². The first kappa shape index (κ1) is 14.6. The summed E-state index contributed by atoms with van der Waals surface area (Å²) in [4.78, 5) is 6.43. The van der Waals surface area contributed by atoms with Crippen LogP contribution < -0.4 is 5.73 Å². The molecule has 0 saturated heterocycles. The van der Waals surface area contributed by atoms with Gasteiger partial charge < -0.3 is 5.73 Å². The predicted molar refractivity (Wildman–Crippen MR) is 84.5 cm³/mol. The van der Waals surface area contributed by atoms with Crippen LogP contribution in [0.1, 0.15) is 18.9 Å². The molecular formula is C15H17BrN2S. The summed E-state index contributed by atoms with van der Waals surface area (Å²) in [5.41, 5.74) is 7.27. The Hall–Kier alpha value is -0.840. The van der Waals surface area contributed by atoms with Crippen molar-refractivity contribution in [2.24, 2.45) is 5.73 Å². The van der Waals surface area contributed by atoms with E-state index in [9.17, 15) is 0 Å². The third-order valence-corrected chi connectivity index (χ3v) is 4.65. The lowest BCUT2D eigenvalue weighted by Gasteiger charge is -2.11. The molecule has 2 N–H and O–H groups in total. The molecule has 0 amide bonds. The van der Waals surface area contributed by atoms with Crippen LogP contribution in [0.25, 0.3) is 0 Å². The van der Waals surface area contributed by atoms with Crippen molar-refractivity contribution in [3.05, 3.63) is 52.8 Å². The van der Waals surface area contributed by atoms with Gasteiger partial charge >= 0.3 is 0 Å². The summed E-state index contributed by atoms with van der Waals surface area (Å²) in [5, 5.41) is 0. The number of aromatic nitrogens is 1. The molecule has 2 aromatic rings. The zero-order chi connectivity index (χ0) is 13.7. The minimum atomic E-state index is 0.231. The van der Waals surface area contributed by atoms with E-state index < -0.39 is 0 Å². The summed E-state index contributed by atoms with van der Waals surface area (Å²) in [6.45, 7) is 2.12. The number of benzene rings is 1. The van der Waals surface area contributed by atoms with Crippen LogP contribution in [0.4, 0.5) is 0 Å². The lowest BCUT2D eigenvalue weighted by molar-refractivity contribution is 0.645. The maximum absolute atomic E-state index is 6.00. The van der Waals surface area contributed by atoms with Crippen molar-refractivity contribution < 1.29 is 0 Å². The molecule has 1 heterocycles. The highest BCUT2D eigenvalue weighted by atomic mass is 79.9. The first-order valence-electron chi connectivity index (χ1n) is 6.31. The lowest BCUT2D eigenvalue weighted by atomic mass is 10.1. The zero-order valence-corrected chi connectivity index (χ0v) is 13.2. The molecule has 0 aliphatic heterocycles. The van der Waals surface area contributed by atoms with E-state index in [0.29, 0.717) is 0 Å². The summed E-state index contributed by atoms with van der Waals surface area (Å²) < 4.78 is 1.13. The van der Waals surface area contributed by atoms with Crippen LogP contribution in [0.2, 0.25) is 0 Å². The van der Waals surface area contributed by atoms with Crippen molar-refractivity contribution in [1.82, 2.24) is 4.98 Å². The zero-order valence-electron chi connectivity index (χ0n) is 10.8. The van der Waals surface area contributed by atoms with Gasteiger partial charge in [0.1, 0.15) is 0 Å². The van der Waals surface area contributed by atoms with E-state index in [4.69, 9.17) is 5.73 Å². The second kappa shape index (κ2) is 7.08. The van der Waals surface area contributed by atoms with Gasteiger partial charge in [0.2, 0.25) is 0 Å². The Morgan fingerprint density at radius 1 is 1.21 bits per heavy atom. The number of pyridine rings is 1. The van der Waals surface area contributed by atoms with Crippen LogP contribution in [0.15, 0.2) is 57.0 Å². The monoisotopic (exact) mass is 336 g/mol. The minimum absolute atomic E-state index is 0.231. The molecule has 1 aromatic heterocycles. The number of hydrogen-bond donors (Lipinski definition) is 1. The molecule has 1 unspecified atom stereocenters. The fourth-order valence-electron chi connectivity index (χ4n) is 1.73. The Bertz CT molecular complexity index is 531. The molecule has 19 heavy (non-hydrogen) atoms. The van der Waals surface area contributed by atoms with Crippen molar-refractivity contribution in [2.45, 2.75) is 35.6 Å². The number of halogens is 1. The summed E-state index contributed by atoms with van der Waals surface area (Å²) in [7, 11) is 0. The van der Waals surface area contributed by atoms with Gasteiger partial charge in [0, 0.05) is 32.7 Å². The molecule has 0 aliphatic rings. The molecule has 0 bridgehead atoms. The Morgan fingerprint density at radius 2 is 1.95 bits per heavy atom. The SMILES string of the molecule is CCC(N)Cc1ccc(Sc2ccncc2)cc1Br. The molecule has 0 fully saturated rings. The molecule has 0 spiro atoms. The van der Waals surface area contributed by atoms with Crippen LogP contribution in [-0.4, -0.2) is 11.0 Å². The van der Waals surface area contributed by atoms with Crippen molar-refractivity contribution >= 4 is 27.7 Å².